The smallest absolute Gasteiger partial charge is 0.268 e. The molecule has 1 aromatic heterocycles. The fourth-order valence-electron chi connectivity index (χ4n) is 2.54. The lowest BCUT2D eigenvalue weighted by Crippen LogP contribution is -2.44. The summed E-state index contributed by atoms with van der Waals surface area (Å²) in [5.41, 5.74) is 2.56. The maximum absolute atomic E-state index is 11.3. The van der Waals surface area contributed by atoms with Gasteiger partial charge in [0.1, 0.15) is 12.0 Å². The molecule has 0 bridgehead atoms. The molecule has 0 radical (unpaired) electrons. The van der Waals surface area contributed by atoms with E-state index in [2.05, 4.69) is 29.3 Å². The predicted molar refractivity (Wildman–Crippen MR) is 72.3 cm³/mol. The van der Waals surface area contributed by atoms with Crippen LogP contribution >= 0.6 is 0 Å². The second-order valence-electron chi connectivity index (χ2n) is 5.25. The van der Waals surface area contributed by atoms with Crippen LogP contribution in [0.4, 0.5) is 0 Å². The molecule has 1 aliphatic rings. The largest absolute Gasteiger partial charge is 0.467 e. The maximum Gasteiger partial charge on any atom is 0.268 e. The van der Waals surface area contributed by atoms with Gasteiger partial charge in [-0.1, -0.05) is 0 Å². The molecule has 1 amide bonds. The Balaban J connectivity index is 1.93. The van der Waals surface area contributed by atoms with Gasteiger partial charge < -0.3 is 9.32 Å². The number of amides is 1. The summed E-state index contributed by atoms with van der Waals surface area (Å²) >= 11 is 0. The van der Waals surface area contributed by atoms with Crippen molar-refractivity contribution in [2.45, 2.75) is 25.4 Å². The Labute approximate surface area is 113 Å². The summed E-state index contributed by atoms with van der Waals surface area (Å²) in [7, 11) is 4.24. The van der Waals surface area contributed by atoms with Crippen LogP contribution in [-0.4, -0.2) is 48.9 Å². The Morgan fingerprint density at radius 1 is 1.68 bits per heavy atom. The first-order chi connectivity index (χ1) is 9.10. The Morgan fingerprint density at radius 3 is 3.16 bits per heavy atom. The first-order valence-electron chi connectivity index (χ1n) is 6.57. The number of hydrogen-bond acceptors (Lipinski definition) is 5. The van der Waals surface area contributed by atoms with Gasteiger partial charge in [0.25, 0.3) is 5.91 Å². The van der Waals surface area contributed by atoms with Crippen molar-refractivity contribution in [2.24, 2.45) is 5.84 Å². The zero-order valence-corrected chi connectivity index (χ0v) is 11.6. The molecule has 1 atom stereocenters. The van der Waals surface area contributed by atoms with Gasteiger partial charge in [-0.05, 0) is 39.5 Å². The summed E-state index contributed by atoms with van der Waals surface area (Å²) in [6.45, 7) is 2.95. The molecule has 3 N–H and O–H groups in total. The van der Waals surface area contributed by atoms with Crippen molar-refractivity contribution in [3.63, 3.8) is 0 Å². The van der Waals surface area contributed by atoms with Gasteiger partial charge in [0, 0.05) is 12.6 Å². The van der Waals surface area contributed by atoms with Gasteiger partial charge in [0.05, 0.1) is 12.1 Å². The van der Waals surface area contributed by atoms with E-state index >= 15 is 0 Å². The Bertz CT molecular complexity index is 432. The molecule has 0 spiro atoms. The minimum Gasteiger partial charge on any atom is -0.467 e. The van der Waals surface area contributed by atoms with Gasteiger partial charge in [-0.3, -0.25) is 15.1 Å². The molecular weight excluding hydrogens is 244 g/mol. The first-order valence-corrected chi connectivity index (χ1v) is 6.57. The molecule has 1 unspecified atom stereocenters. The summed E-state index contributed by atoms with van der Waals surface area (Å²) in [6.07, 6.45) is 3.88. The zero-order valence-electron chi connectivity index (χ0n) is 11.6. The summed E-state index contributed by atoms with van der Waals surface area (Å²) in [5.74, 6) is 5.55. The minimum atomic E-state index is -0.324. The number of carbonyl (C=O) groups excluding carboxylic acids is 1. The van der Waals surface area contributed by atoms with Crippen LogP contribution in [0.2, 0.25) is 0 Å². The highest BCUT2D eigenvalue weighted by molar-refractivity contribution is 5.93. The van der Waals surface area contributed by atoms with Crippen molar-refractivity contribution < 1.29 is 9.21 Å². The molecule has 2 rings (SSSR count). The highest BCUT2D eigenvalue weighted by atomic mass is 16.3. The monoisotopic (exact) mass is 266 g/mol. The molecule has 0 aliphatic carbocycles. The summed E-state index contributed by atoms with van der Waals surface area (Å²) < 4.78 is 5.40. The average molecular weight is 266 g/mol. The topological polar surface area (TPSA) is 74.7 Å². The number of likely N-dealkylation sites (N-methyl/N-ethyl adjacent to an activating group) is 2. The molecule has 0 saturated carbocycles. The SMILES string of the molecule is CN1CCCC(N(C)Cc2cc(C(=O)NN)co2)C1. The summed E-state index contributed by atoms with van der Waals surface area (Å²) in [6, 6.07) is 2.28. The van der Waals surface area contributed by atoms with Crippen LogP contribution in [0, 0.1) is 0 Å². The molecule has 106 valence electrons. The normalized spacial score (nSPS) is 20.7. The Hall–Kier alpha value is -1.37. The molecule has 6 nitrogen and oxygen atoms in total. The number of likely N-dealkylation sites (tertiary alicyclic amines) is 1. The fraction of sp³-hybridized carbons (Fsp3) is 0.615. The van der Waals surface area contributed by atoms with E-state index in [0.717, 1.165) is 12.3 Å². The average Bonchev–Trinajstić information content (AvgIpc) is 2.86. The molecular formula is C13H22N4O2. The van der Waals surface area contributed by atoms with Crippen molar-refractivity contribution in [3.8, 4) is 0 Å². The maximum atomic E-state index is 11.3. The standard InChI is InChI=1S/C13H22N4O2/c1-16-5-3-4-11(7-16)17(2)8-12-6-10(9-19-12)13(18)15-14/h6,9,11H,3-5,7-8,14H2,1-2H3,(H,15,18). The zero-order chi connectivity index (χ0) is 13.8. The number of furan rings is 1. The third kappa shape index (κ3) is 3.56. The van der Waals surface area contributed by atoms with Gasteiger partial charge >= 0.3 is 0 Å². The fourth-order valence-corrected chi connectivity index (χ4v) is 2.54. The second kappa shape index (κ2) is 6.18. The summed E-state index contributed by atoms with van der Waals surface area (Å²) in [4.78, 5) is 16.0. The van der Waals surface area contributed by atoms with E-state index in [1.54, 1.807) is 6.07 Å². The third-order valence-electron chi connectivity index (χ3n) is 3.68. The molecule has 1 aromatic rings. The van der Waals surface area contributed by atoms with Crippen LogP contribution in [0.15, 0.2) is 16.7 Å². The lowest BCUT2D eigenvalue weighted by Gasteiger charge is -2.35. The van der Waals surface area contributed by atoms with Crippen molar-refractivity contribution in [2.75, 3.05) is 27.2 Å². The van der Waals surface area contributed by atoms with E-state index < -0.39 is 0 Å². The number of rotatable bonds is 4. The van der Waals surface area contributed by atoms with Crippen LogP contribution in [-0.2, 0) is 6.54 Å². The number of nitrogens with zero attached hydrogens (tertiary/aromatic N) is 2. The van der Waals surface area contributed by atoms with Crippen molar-refractivity contribution >= 4 is 5.91 Å². The number of nitrogens with two attached hydrogens (primary N) is 1. The van der Waals surface area contributed by atoms with Gasteiger partial charge in [-0.2, -0.15) is 0 Å². The molecule has 1 fully saturated rings. The molecule has 6 heteroatoms. The highest BCUT2D eigenvalue weighted by Gasteiger charge is 2.22. The third-order valence-corrected chi connectivity index (χ3v) is 3.68. The number of nitrogens with one attached hydrogen (secondary N) is 1. The minimum absolute atomic E-state index is 0.324. The van der Waals surface area contributed by atoms with Crippen LogP contribution in [0.25, 0.3) is 0 Å². The molecule has 0 aromatic carbocycles. The van der Waals surface area contributed by atoms with E-state index in [1.165, 1.54) is 25.6 Å². The number of hydrazine groups is 1. The lowest BCUT2D eigenvalue weighted by atomic mass is 10.1. The van der Waals surface area contributed by atoms with E-state index in [9.17, 15) is 4.79 Å². The van der Waals surface area contributed by atoms with Gasteiger partial charge in [-0.25, -0.2) is 5.84 Å². The van der Waals surface area contributed by atoms with Crippen LogP contribution in [0.1, 0.15) is 29.0 Å². The highest BCUT2D eigenvalue weighted by Crippen LogP contribution is 2.17. The number of nitrogen functional groups attached to an aromatic ring is 1. The Kier molecular flexibility index (Phi) is 4.57. The van der Waals surface area contributed by atoms with E-state index in [-0.39, 0.29) is 5.91 Å². The van der Waals surface area contributed by atoms with Crippen molar-refractivity contribution in [1.82, 2.24) is 15.2 Å². The molecule has 1 saturated heterocycles. The van der Waals surface area contributed by atoms with Crippen LogP contribution < -0.4 is 11.3 Å². The van der Waals surface area contributed by atoms with Crippen molar-refractivity contribution in [1.29, 1.82) is 0 Å². The lowest BCUT2D eigenvalue weighted by molar-refractivity contribution is 0.0953. The first kappa shape index (κ1) is 14.0. The van der Waals surface area contributed by atoms with E-state index in [4.69, 9.17) is 10.3 Å². The van der Waals surface area contributed by atoms with Gasteiger partial charge in [0.2, 0.25) is 0 Å². The number of piperidine rings is 1. The Morgan fingerprint density at radius 2 is 2.47 bits per heavy atom. The van der Waals surface area contributed by atoms with Crippen LogP contribution in [0.5, 0.6) is 0 Å². The van der Waals surface area contributed by atoms with Crippen molar-refractivity contribution in [3.05, 3.63) is 23.7 Å². The van der Waals surface area contributed by atoms with E-state index in [1.807, 2.05) is 0 Å². The second-order valence-corrected chi connectivity index (χ2v) is 5.25. The predicted octanol–water partition coefficient (Wildman–Crippen LogP) is 0.409. The quantitative estimate of drug-likeness (QED) is 0.469. The molecule has 19 heavy (non-hydrogen) atoms. The summed E-state index contributed by atoms with van der Waals surface area (Å²) in [5, 5.41) is 0. The molecule has 1 aliphatic heterocycles. The van der Waals surface area contributed by atoms with Crippen LogP contribution in [0.3, 0.4) is 0 Å². The molecule has 2 heterocycles. The van der Waals surface area contributed by atoms with E-state index in [0.29, 0.717) is 18.2 Å². The number of carbonyl (C=O) groups is 1. The van der Waals surface area contributed by atoms with Gasteiger partial charge in [-0.15, -0.1) is 0 Å². The van der Waals surface area contributed by atoms with Gasteiger partial charge in [0.15, 0.2) is 0 Å². The number of hydrogen-bond donors (Lipinski definition) is 2.